The number of hydrogen-bond acceptors (Lipinski definition) is 5. The van der Waals surface area contributed by atoms with Crippen molar-refractivity contribution in [1.29, 1.82) is 0 Å². The van der Waals surface area contributed by atoms with E-state index >= 15 is 0 Å². The summed E-state index contributed by atoms with van der Waals surface area (Å²) in [6, 6.07) is 11.5. The number of thiocarbonyl (C=S) groups is 1. The average Bonchev–Trinajstić information content (AvgIpc) is 3.21. The summed E-state index contributed by atoms with van der Waals surface area (Å²) in [5, 5.41) is 3.05. The number of amides is 5. The van der Waals surface area contributed by atoms with Gasteiger partial charge in [-0.3, -0.25) is 24.2 Å². The van der Waals surface area contributed by atoms with Gasteiger partial charge in [0.2, 0.25) is 0 Å². The first-order chi connectivity index (χ1) is 15.6. The quantitative estimate of drug-likeness (QED) is 0.509. The predicted octanol–water partition coefficient (Wildman–Crippen LogP) is 1.75. The van der Waals surface area contributed by atoms with Crippen LogP contribution < -0.4 is 10.2 Å². The zero-order chi connectivity index (χ0) is 23.9. The van der Waals surface area contributed by atoms with Crippen LogP contribution in [-0.4, -0.2) is 59.7 Å². The summed E-state index contributed by atoms with van der Waals surface area (Å²) < 4.78 is 13.8. The smallest absolute Gasteiger partial charge is 0.332 e. The Morgan fingerprint density at radius 3 is 2.03 bits per heavy atom. The zero-order valence-corrected chi connectivity index (χ0v) is 18.8. The van der Waals surface area contributed by atoms with E-state index in [0.717, 1.165) is 9.80 Å². The summed E-state index contributed by atoms with van der Waals surface area (Å²) in [6.45, 7) is 0. The number of likely N-dealkylation sites (N-methyl/N-ethyl adjacent to an activating group) is 1. The van der Waals surface area contributed by atoms with Crippen LogP contribution in [0.1, 0.15) is 17.0 Å². The Bertz CT molecular complexity index is 1260. The van der Waals surface area contributed by atoms with Crippen molar-refractivity contribution in [3.8, 4) is 0 Å². The minimum absolute atomic E-state index is 0.156. The van der Waals surface area contributed by atoms with E-state index < -0.39 is 46.4 Å². The van der Waals surface area contributed by atoms with Crippen LogP contribution in [0.25, 0.3) is 0 Å². The summed E-state index contributed by atoms with van der Waals surface area (Å²) in [6.07, 6.45) is 0. The first-order valence-corrected chi connectivity index (χ1v) is 10.6. The monoisotopic (exact) mass is 466 g/mol. The van der Waals surface area contributed by atoms with Gasteiger partial charge in [-0.2, -0.15) is 0 Å². The Labute approximate surface area is 193 Å². The van der Waals surface area contributed by atoms with E-state index in [2.05, 4.69) is 5.32 Å². The summed E-state index contributed by atoms with van der Waals surface area (Å²) in [4.78, 5) is 56.8. The standard InChI is InChI=1S/C23H19FN4O4S/c1-26-15-7-5-4-6-14(15)23(20(26)31)16(12-8-10-13(24)11-9-12)22(17(33)25-23)18(29)27(2)21(32)28(3)19(22)30/h4-11,16H,1-3H3,(H,25,33)/t16-,23-/m0/s1. The Balaban J connectivity index is 1.88. The van der Waals surface area contributed by atoms with Crippen LogP contribution in [-0.2, 0) is 19.9 Å². The molecule has 10 heteroatoms. The van der Waals surface area contributed by atoms with Crippen molar-refractivity contribution in [1.82, 2.24) is 15.1 Å². The maximum Gasteiger partial charge on any atom is 0.332 e. The number of anilines is 1. The molecule has 3 heterocycles. The molecule has 8 nitrogen and oxygen atoms in total. The van der Waals surface area contributed by atoms with Gasteiger partial charge in [0, 0.05) is 32.4 Å². The van der Waals surface area contributed by atoms with Crippen molar-refractivity contribution in [2.45, 2.75) is 11.5 Å². The van der Waals surface area contributed by atoms with Crippen LogP contribution in [0.15, 0.2) is 48.5 Å². The molecule has 0 unspecified atom stereocenters. The van der Waals surface area contributed by atoms with E-state index in [-0.39, 0.29) is 4.99 Å². The molecule has 0 radical (unpaired) electrons. The third-order valence-corrected chi connectivity index (χ3v) is 7.35. The van der Waals surface area contributed by atoms with Gasteiger partial charge in [-0.25, -0.2) is 9.18 Å². The second kappa shape index (κ2) is 6.67. The van der Waals surface area contributed by atoms with Gasteiger partial charge >= 0.3 is 6.03 Å². The molecule has 5 amide bonds. The van der Waals surface area contributed by atoms with Crippen LogP contribution in [0.5, 0.6) is 0 Å². The van der Waals surface area contributed by atoms with Crippen LogP contribution in [0.3, 0.4) is 0 Å². The number of halogens is 1. The number of barbiturate groups is 1. The highest BCUT2D eigenvalue weighted by Gasteiger charge is 2.76. The molecule has 2 aromatic carbocycles. The Morgan fingerprint density at radius 1 is 0.848 bits per heavy atom. The number of imide groups is 2. The number of hydrogen-bond donors (Lipinski definition) is 1. The first-order valence-electron chi connectivity index (χ1n) is 10.2. The van der Waals surface area contributed by atoms with Crippen LogP contribution in [0.2, 0.25) is 0 Å². The van der Waals surface area contributed by atoms with E-state index in [1.54, 1.807) is 31.3 Å². The minimum atomic E-state index is -2.07. The topological polar surface area (TPSA) is 90.0 Å². The fraction of sp³-hybridized carbons (Fsp3) is 0.261. The second-order valence-electron chi connectivity index (χ2n) is 8.45. The maximum atomic E-state index is 13.9. The number of benzene rings is 2. The molecule has 0 aliphatic carbocycles. The van der Waals surface area contributed by atoms with Crippen LogP contribution >= 0.6 is 12.2 Å². The molecular weight excluding hydrogens is 447 g/mol. The molecule has 2 fully saturated rings. The van der Waals surface area contributed by atoms with Gasteiger partial charge in [-0.05, 0) is 23.8 Å². The zero-order valence-electron chi connectivity index (χ0n) is 18.0. The third-order valence-electron chi connectivity index (χ3n) is 6.93. The van der Waals surface area contributed by atoms with Crippen molar-refractivity contribution < 1.29 is 23.6 Å². The normalized spacial score (nSPS) is 26.0. The molecular formula is C23H19FN4O4S. The molecule has 2 spiro atoms. The Morgan fingerprint density at radius 2 is 1.42 bits per heavy atom. The van der Waals surface area contributed by atoms with Gasteiger partial charge in [-0.15, -0.1) is 0 Å². The number of para-hydroxylation sites is 1. The summed E-state index contributed by atoms with van der Waals surface area (Å²) in [5.74, 6) is -3.77. The number of nitrogens with zero attached hydrogens (tertiary/aromatic N) is 3. The lowest BCUT2D eigenvalue weighted by molar-refractivity contribution is -0.153. The highest BCUT2D eigenvalue weighted by Crippen LogP contribution is 2.60. The molecule has 2 aromatic rings. The maximum absolute atomic E-state index is 13.9. The van der Waals surface area contributed by atoms with Gasteiger partial charge in [0.15, 0.2) is 11.0 Å². The molecule has 2 atom stereocenters. The van der Waals surface area contributed by atoms with Crippen LogP contribution in [0, 0.1) is 11.2 Å². The highest BCUT2D eigenvalue weighted by molar-refractivity contribution is 7.80. The fourth-order valence-corrected chi connectivity index (χ4v) is 5.86. The van der Waals surface area contributed by atoms with Gasteiger partial charge in [-0.1, -0.05) is 42.5 Å². The number of nitrogens with one attached hydrogen (secondary N) is 1. The molecule has 3 aliphatic rings. The third kappa shape index (κ3) is 2.31. The molecule has 1 N–H and O–H groups in total. The van der Waals surface area contributed by atoms with Crippen molar-refractivity contribution in [2.75, 3.05) is 26.0 Å². The van der Waals surface area contributed by atoms with E-state index in [1.807, 2.05) is 0 Å². The number of fused-ring (bicyclic) bond motifs is 2. The van der Waals surface area contributed by atoms with E-state index in [0.29, 0.717) is 16.8 Å². The fourth-order valence-electron chi connectivity index (χ4n) is 5.41. The Hall–Kier alpha value is -3.66. The SMILES string of the molecule is CN1C(=O)N(C)C(=O)C2(C1=O)C(=S)N[C@]1(C(=O)N(C)c3ccccc31)[C@H]2c1ccc(F)cc1. The van der Waals surface area contributed by atoms with Crippen molar-refractivity contribution in [2.24, 2.45) is 5.41 Å². The van der Waals surface area contributed by atoms with Gasteiger partial charge in [0.05, 0.1) is 5.92 Å². The summed E-state index contributed by atoms with van der Waals surface area (Å²) >= 11 is 5.62. The average molecular weight is 466 g/mol. The van der Waals surface area contributed by atoms with Crippen molar-refractivity contribution >= 4 is 46.6 Å². The van der Waals surface area contributed by atoms with E-state index in [1.165, 1.54) is 43.3 Å². The molecule has 168 valence electrons. The number of urea groups is 1. The molecule has 33 heavy (non-hydrogen) atoms. The van der Waals surface area contributed by atoms with E-state index in [4.69, 9.17) is 12.2 Å². The summed E-state index contributed by atoms with van der Waals surface area (Å²) in [7, 11) is 4.13. The van der Waals surface area contributed by atoms with Crippen molar-refractivity contribution in [3.63, 3.8) is 0 Å². The van der Waals surface area contributed by atoms with Crippen LogP contribution in [0.4, 0.5) is 14.9 Å². The minimum Gasteiger partial charge on any atom is -0.360 e. The number of carbonyl (C=O) groups is 4. The number of rotatable bonds is 1. The Kier molecular flexibility index (Phi) is 4.29. The lowest BCUT2D eigenvalue weighted by atomic mass is 9.63. The molecule has 2 saturated heterocycles. The first kappa shape index (κ1) is 21.2. The molecule has 3 aliphatic heterocycles. The van der Waals surface area contributed by atoms with Crippen molar-refractivity contribution in [3.05, 3.63) is 65.5 Å². The van der Waals surface area contributed by atoms with E-state index in [9.17, 15) is 23.6 Å². The highest BCUT2D eigenvalue weighted by atomic mass is 32.1. The molecule has 0 aromatic heterocycles. The molecule has 0 bridgehead atoms. The molecule has 5 rings (SSSR count). The van der Waals surface area contributed by atoms with Gasteiger partial charge in [0.25, 0.3) is 17.7 Å². The van der Waals surface area contributed by atoms with Gasteiger partial charge in [0.1, 0.15) is 10.8 Å². The predicted molar refractivity (Wildman–Crippen MR) is 120 cm³/mol. The molecule has 0 saturated carbocycles. The second-order valence-corrected chi connectivity index (χ2v) is 8.86. The lowest BCUT2D eigenvalue weighted by Crippen LogP contribution is -2.66. The largest absolute Gasteiger partial charge is 0.360 e. The number of carbonyl (C=O) groups excluding carboxylic acids is 4. The van der Waals surface area contributed by atoms with Gasteiger partial charge < -0.3 is 10.2 Å². The summed E-state index contributed by atoms with van der Waals surface area (Å²) in [5.41, 5.74) is -2.18. The lowest BCUT2D eigenvalue weighted by Gasteiger charge is -2.43.